The average Bonchev–Trinajstić information content (AvgIpc) is 3.07. The first kappa shape index (κ1) is 18.2. The highest BCUT2D eigenvalue weighted by Gasteiger charge is 2.29. The van der Waals surface area contributed by atoms with E-state index >= 15 is 0 Å². The van der Waals surface area contributed by atoms with Crippen molar-refractivity contribution in [1.29, 1.82) is 0 Å². The molecule has 2 aliphatic heterocycles. The Kier molecular flexibility index (Phi) is 5.00. The quantitative estimate of drug-likeness (QED) is 0.828. The molecule has 0 aliphatic carbocycles. The van der Waals surface area contributed by atoms with Gasteiger partial charge in [-0.15, -0.1) is 0 Å². The summed E-state index contributed by atoms with van der Waals surface area (Å²) in [5.41, 5.74) is 2.60. The molecule has 3 heterocycles. The highest BCUT2D eigenvalue weighted by Crippen LogP contribution is 2.24. The molecule has 0 spiro atoms. The summed E-state index contributed by atoms with van der Waals surface area (Å²) in [4.78, 5) is 21.4. The van der Waals surface area contributed by atoms with Crippen LogP contribution in [0.3, 0.4) is 0 Å². The highest BCUT2D eigenvalue weighted by atomic mass is 19.1. The second-order valence-electron chi connectivity index (χ2n) is 7.93. The van der Waals surface area contributed by atoms with Crippen molar-refractivity contribution in [3.05, 3.63) is 52.5 Å². The molecule has 1 fully saturated rings. The van der Waals surface area contributed by atoms with E-state index < -0.39 is 0 Å². The highest BCUT2D eigenvalue weighted by molar-refractivity contribution is 5.89. The van der Waals surface area contributed by atoms with Crippen LogP contribution < -0.4 is 0 Å². The minimum atomic E-state index is -0.175. The number of piperidine rings is 1. The Hall–Kier alpha value is -2.21. The van der Waals surface area contributed by atoms with Gasteiger partial charge in [-0.1, -0.05) is 19.1 Å². The van der Waals surface area contributed by atoms with Gasteiger partial charge in [-0.05, 0) is 42.9 Å². The van der Waals surface area contributed by atoms with Crippen LogP contribution in [-0.2, 0) is 19.5 Å². The Morgan fingerprint density at radius 1 is 1.37 bits per heavy atom. The lowest BCUT2D eigenvalue weighted by Crippen LogP contribution is -2.39. The summed E-state index contributed by atoms with van der Waals surface area (Å²) < 4.78 is 19.3. The minimum Gasteiger partial charge on any atom is -0.437 e. The maximum absolute atomic E-state index is 13.5. The maximum atomic E-state index is 13.5. The van der Waals surface area contributed by atoms with E-state index in [2.05, 4.69) is 16.8 Å². The van der Waals surface area contributed by atoms with Crippen molar-refractivity contribution in [2.24, 2.45) is 5.92 Å². The van der Waals surface area contributed by atoms with Gasteiger partial charge in [0.15, 0.2) is 0 Å². The molecular formula is C21H26FN3O2. The molecule has 0 saturated carbocycles. The van der Waals surface area contributed by atoms with E-state index in [1.807, 2.05) is 17.0 Å². The van der Waals surface area contributed by atoms with E-state index in [1.54, 1.807) is 6.92 Å². The van der Waals surface area contributed by atoms with E-state index in [0.717, 1.165) is 56.0 Å². The van der Waals surface area contributed by atoms with Crippen LogP contribution in [0.2, 0.25) is 0 Å². The Labute approximate surface area is 159 Å². The van der Waals surface area contributed by atoms with Crippen molar-refractivity contribution in [3.63, 3.8) is 0 Å². The zero-order chi connectivity index (χ0) is 19.0. The number of aromatic nitrogens is 1. The Balaban J connectivity index is 1.44. The number of oxazole rings is 1. The lowest BCUT2D eigenvalue weighted by atomic mass is 10.0. The van der Waals surface area contributed by atoms with Crippen LogP contribution in [0, 0.1) is 18.7 Å². The standard InChI is InChI=1S/C21H26FN3O2/c1-14-4-3-8-25(11-14)21(26)20-23-18-13-24(9-7-19(18)27-20)12-16-5-6-17(22)15(2)10-16/h5-6,10,14H,3-4,7-9,11-13H2,1-2H3. The summed E-state index contributed by atoms with van der Waals surface area (Å²) in [6.07, 6.45) is 2.95. The number of carbonyl (C=O) groups is 1. The van der Waals surface area contributed by atoms with Gasteiger partial charge in [0.2, 0.25) is 0 Å². The largest absolute Gasteiger partial charge is 0.437 e. The third kappa shape index (κ3) is 3.90. The van der Waals surface area contributed by atoms with Crippen LogP contribution in [-0.4, -0.2) is 40.3 Å². The molecule has 1 amide bonds. The molecule has 27 heavy (non-hydrogen) atoms. The summed E-state index contributed by atoms with van der Waals surface area (Å²) in [6, 6.07) is 5.24. The second-order valence-corrected chi connectivity index (χ2v) is 7.93. The predicted octanol–water partition coefficient (Wildman–Crippen LogP) is 3.55. The molecule has 1 saturated heterocycles. The number of benzene rings is 1. The SMILES string of the molecule is Cc1cc(CN2CCc3oc(C(=O)N4CCCC(C)C4)nc3C2)ccc1F. The number of rotatable bonds is 3. The minimum absolute atomic E-state index is 0.0864. The van der Waals surface area contributed by atoms with Crippen molar-refractivity contribution in [3.8, 4) is 0 Å². The Morgan fingerprint density at radius 3 is 3.00 bits per heavy atom. The molecule has 1 atom stereocenters. The Bertz CT molecular complexity index is 848. The molecule has 0 radical (unpaired) electrons. The van der Waals surface area contributed by atoms with Crippen LogP contribution in [0.4, 0.5) is 4.39 Å². The number of carbonyl (C=O) groups excluding carboxylic acids is 1. The molecule has 1 unspecified atom stereocenters. The van der Waals surface area contributed by atoms with Crippen molar-refractivity contribution in [2.45, 2.75) is 46.2 Å². The van der Waals surface area contributed by atoms with Gasteiger partial charge in [-0.2, -0.15) is 0 Å². The number of aryl methyl sites for hydroxylation is 1. The summed E-state index contributed by atoms with van der Waals surface area (Å²) in [7, 11) is 0. The summed E-state index contributed by atoms with van der Waals surface area (Å²) >= 11 is 0. The second kappa shape index (κ2) is 7.43. The first-order valence-corrected chi connectivity index (χ1v) is 9.75. The predicted molar refractivity (Wildman–Crippen MR) is 99.8 cm³/mol. The van der Waals surface area contributed by atoms with Gasteiger partial charge in [0.25, 0.3) is 5.89 Å². The Morgan fingerprint density at radius 2 is 2.22 bits per heavy atom. The number of halogens is 1. The van der Waals surface area contributed by atoms with E-state index in [4.69, 9.17) is 4.42 Å². The lowest BCUT2D eigenvalue weighted by Gasteiger charge is -2.29. The molecule has 5 nitrogen and oxygen atoms in total. The number of fused-ring (bicyclic) bond motifs is 1. The van der Waals surface area contributed by atoms with Crippen LogP contribution in [0.15, 0.2) is 22.6 Å². The van der Waals surface area contributed by atoms with E-state index in [1.165, 1.54) is 12.5 Å². The number of amides is 1. The molecule has 0 N–H and O–H groups in total. The monoisotopic (exact) mass is 371 g/mol. The molecule has 2 aromatic rings. The maximum Gasteiger partial charge on any atom is 0.309 e. The molecular weight excluding hydrogens is 345 g/mol. The molecule has 144 valence electrons. The smallest absolute Gasteiger partial charge is 0.309 e. The van der Waals surface area contributed by atoms with Gasteiger partial charge in [0.1, 0.15) is 11.6 Å². The number of hydrogen-bond acceptors (Lipinski definition) is 4. The van der Waals surface area contributed by atoms with Crippen molar-refractivity contribution in [2.75, 3.05) is 19.6 Å². The number of nitrogens with zero attached hydrogens (tertiary/aromatic N) is 3. The van der Waals surface area contributed by atoms with Crippen molar-refractivity contribution in [1.82, 2.24) is 14.8 Å². The van der Waals surface area contributed by atoms with Crippen LogP contribution in [0.1, 0.15) is 53.0 Å². The third-order valence-corrected chi connectivity index (χ3v) is 5.56. The molecule has 1 aromatic heterocycles. The van der Waals surface area contributed by atoms with Crippen LogP contribution in [0.25, 0.3) is 0 Å². The normalized spacial score (nSPS) is 20.6. The summed E-state index contributed by atoms with van der Waals surface area (Å²) in [5.74, 6) is 1.33. The molecule has 1 aromatic carbocycles. The van der Waals surface area contributed by atoms with E-state index in [0.29, 0.717) is 18.0 Å². The fourth-order valence-corrected chi connectivity index (χ4v) is 4.05. The fraction of sp³-hybridized carbons (Fsp3) is 0.524. The van der Waals surface area contributed by atoms with Gasteiger partial charge in [-0.25, -0.2) is 9.37 Å². The zero-order valence-corrected chi connectivity index (χ0v) is 16.0. The topological polar surface area (TPSA) is 49.6 Å². The van der Waals surface area contributed by atoms with Crippen molar-refractivity contribution >= 4 is 5.91 Å². The van der Waals surface area contributed by atoms with Gasteiger partial charge < -0.3 is 9.32 Å². The van der Waals surface area contributed by atoms with Gasteiger partial charge in [0, 0.05) is 39.1 Å². The van der Waals surface area contributed by atoms with Crippen LogP contribution >= 0.6 is 0 Å². The first-order chi connectivity index (χ1) is 13.0. The average molecular weight is 371 g/mol. The fourth-order valence-electron chi connectivity index (χ4n) is 4.05. The summed E-state index contributed by atoms with van der Waals surface area (Å²) in [6.45, 7) is 7.75. The van der Waals surface area contributed by atoms with Gasteiger partial charge >= 0.3 is 5.91 Å². The number of likely N-dealkylation sites (tertiary alicyclic amines) is 1. The first-order valence-electron chi connectivity index (χ1n) is 9.75. The molecule has 4 rings (SSSR count). The molecule has 0 bridgehead atoms. The van der Waals surface area contributed by atoms with E-state index in [-0.39, 0.29) is 17.6 Å². The number of hydrogen-bond donors (Lipinski definition) is 0. The third-order valence-electron chi connectivity index (χ3n) is 5.56. The van der Waals surface area contributed by atoms with Gasteiger partial charge in [0.05, 0.1) is 5.69 Å². The summed E-state index contributed by atoms with van der Waals surface area (Å²) in [5, 5.41) is 0. The lowest BCUT2D eigenvalue weighted by molar-refractivity contribution is 0.0640. The van der Waals surface area contributed by atoms with Gasteiger partial charge in [-0.3, -0.25) is 9.69 Å². The van der Waals surface area contributed by atoms with Crippen molar-refractivity contribution < 1.29 is 13.6 Å². The van der Waals surface area contributed by atoms with E-state index in [9.17, 15) is 9.18 Å². The molecule has 6 heteroatoms. The molecule has 2 aliphatic rings. The van der Waals surface area contributed by atoms with Crippen LogP contribution in [0.5, 0.6) is 0 Å². The zero-order valence-electron chi connectivity index (χ0n) is 16.0.